The lowest BCUT2D eigenvalue weighted by atomic mass is 10.2. The molecule has 96 valence electrons. The summed E-state index contributed by atoms with van der Waals surface area (Å²) in [6.07, 6.45) is 4.42. The Morgan fingerprint density at radius 3 is 3.00 bits per heavy atom. The Morgan fingerprint density at radius 2 is 2.28 bits per heavy atom. The zero-order valence-electron chi connectivity index (χ0n) is 9.42. The predicted octanol–water partition coefficient (Wildman–Crippen LogP) is -1.11. The van der Waals surface area contributed by atoms with Gasteiger partial charge in [-0.25, -0.2) is 9.78 Å². The van der Waals surface area contributed by atoms with E-state index in [-0.39, 0.29) is 25.5 Å². The first-order valence-electron chi connectivity index (χ1n) is 5.23. The van der Waals surface area contributed by atoms with Gasteiger partial charge >= 0.3 is 5.69 Å². The third kappa shape index (κ3) is 2.73. The van der Waals surface area contributed by atoms with E-state index in [2.05, 4.69) is 15.0 Å². The second-order valence-electron chi connectivity index (χ2n) is 3.52. The van der Waals surface area contributed by atoms with Crippen LogP contribution in [0.3, 0.4) is 0 Å². The molecular formula is C10H12N4O4. The number of H-pyrrole nitrogens is 2. The molecule has 2 heterocycles. The maximum atomic E-state index is 11.5. The van der Waals surface area contributed by atoms with Gasteiger partial charge in [-0.1, -0.05) is 0 Å². The first kappa shape index (κ1) is 12.3. The lowest BCUT2D eigenvalue weighted by Gasteiger charge is -2.01. The van der Waals surface area contributed by atoms with Gasteiger partial charge in [-0.05, 0) is 0 Å². The molecule has 0 aliphatic heterocycles. The molecule has 0 bridgehead atoms. The molecule has 0 aliphatic rings. The van der Waals surface area contributed by atoms with E-state index >= 15 is 0 Å². The van der Waals surface area contributed by atoms with Gasteiger partial charge in [0.05, 0.1) is 30.8 Å². The SMILES string of the molecule is O=c1[nH]cc(-c2cn(COCCO)cn2)c(=O)[nH]1. The Bertz CT molecular complexity index is 627. The molecule has 0 aliphatic carbocycles. The molecule has 2 aromatic heterocycles. The minimum absolute atomic E-state index is 0.0544. The van der Waals surface area contributed by atoms with Crippen molar-refractivity contribution in [3.8, 4) is 11.3 Å². The number of ether oxygens (including phenoxy) is 1. The fourth-order valence-corrected chi connectivity index (χ4v) is 1.40. The van der Waals surface area contributed by atoms with Crippen LogP contribution < -0.4 is 11.2 Å². The summed E-state index contributed by atoms with van der Waals surface area (Å²) in [7, 11) is 0. The van der Waals surface area contributed by atoms with E-state index in [9.17, 15) is 9.59 Å². The summed E-state index contributed by atoms with van der Waals surface area (Å²) in [5.41, 5.74) is -0.356. The minimum Gasteiger partial charge on any atom is -0.394 e. The van der Waals surface area contributed by atoms with E-state index in [1.807, 2.05) is 0 Å². The van der Waals surface area contributed by atoms with Crippen LogP contribution in [0.5, 0.6) is 0 Å². The van der Waals surface area contributed by atoms with Crippen LogP contribution in [0.2, 0.25) is 0 Å². The molecule has 2 rings (SSSR count). The van der Waals surface area contributed by atoms with E-state index in [1.54, 1.807) is 10.8 Å². The monoisotopic (exact) mass is 252 g/mol. The Morgan fingerprint density at radius 1 is 1.44 bits per heavy atom. The van der Waals surface area contributed by atoms with Crippen LogP contribution in [0.15, 0.2) is 28.3 Å². The lowest BCUT2D eigenvalue weighted by Crippen LogP contribution is -2.22. The Kier molecular flexibility index (Phi) is 3.70. The Balaban J connectivity index is 2.19. The third-order valence-electron chi connectivity index (χ3n) is 2.20. The molecule has 0 radical (unpaired) electrons. The summed E-state index contributed by atoms with van der Waals surface area (Å²) < 4.78 is 6.72. The fourth-order valence-electron chi connectivity index (χ4n) is 1.40. The molecule has 0 atom stereocenters. The lowest BCUT2D eigenvalue weighted by molar-refractivity contribution is 0.0482. The molecule has 0 unspecified atom stereocenters. The van der Waals surface area contributed by atoms with Crippen LogP contribution in [-0.4, -0.2) is 37.8 Å². The zero-order valence-corrected chi connectivity index (χ0v) is 9.42. The number of aromatic nitrogens is 4. The first-order chi connectivity index (χ1) is 8.70. The summed E-state index contributed by atoms with van der Waals surface area (Å²) in [6.45, 7) is 0.405. The molecule has 18 heavy (non-hydrogen) atoms. The number of nitrogens with zero attached hydrogens (tertiary/aromatic N) is 2. The second-order valence-corrected chi connectivity index (χ2v) is 3.52. The summed E-state index contributed by atoms with van der Waals surface area (Å²) in [4.78, 5) is 30.9. The maximum absolute atomic E-state index is 11.5. The van der Waals surface area contributed by atoms with Crippen molar-refractivity contribution in [2.75, 3.05) is 13.2 Å². The van der Waals surface area contributed by atoms with Crippen molar-refractivity contribution in [2.24, 2.45) is 0 Å². The van der Waals surface area contributed by atoms with Crippen molar-refractivity contribution < 1.29 is 9.84 Å². The quantitative estimate of drug-likeness (QED) is 0.584. The largest absolute Gasteiger partial charge is 0.394 e. The highest BCUT2D eigenvalue weighted by molar-refractivity contribution is 5.55. The first-order valence-corrected chi connectivity index (χ1v) is 5.23. The topological polar surface area (TPSA) is 113 Å². The van der Waals surface area contributed by atoms with Gasteiger partial charge in [-0.15, -0.1) is 0 Å². The number of hydrogen-bond donors (Lipinski definition) is 3. The average Bonchev–Trinajstić information content (AvgIpc) is 2.78. The van der Waals surface area contributed by atoms with Crippen LogP contribution in [-0.2, 0) is 11.5 Å². The number of imidazole rings is 1. The van der Waals surface area contributed by atoms with E-state index in [1.165, 1.54) is 12.5 Å². The average molecular weight is 252 g/mol. The van der Waals surface area contributed by atoms with Gasteiger partial charge in [0.2, 0.25) is 0 Å². The zero-order chi connectivity index (χ0) is 13.0. The van der Waals surface area contributed by atoms with Gasteiger partial charge in [0.25, 0.3) is 5.56 Å². The van der Waals surface area contributed by atoms with E-state index in [0.29, 0.717) is 5.69 Å². The predicted molar refractivity (Wildman–Crippen MR) is 61.9 cm³/mol. The number of rotatable bonds is 5. The molecule has 0 saturated heterocycles. The molecule has 0 aromatic carbocycles. The van der Waals surface area contributed by atoms with Crippen molar-refractivity contribution in [3.05, 3.63) is 39.6 Å². The fraction of sp³-hybridized carbons (Fsp3) is 0.300. The molecule has 0 fully saturated rings. The molecule has 2 aromatic rings. The number of hydrogen-bond acceptors (Lipinski definition) is 5. The van der Waals surface area contributed by atoms with Crippen molar-refractivity contribution in [2.45, 2.75) is 6.73 Å². The summed E-state index contributed by atoms with van der Waals surface area (Å²) >= 11 is 0. The molecule has 0 amide bonds. The van der Waals surface area contributed by atoms with Crippen molar-refractivity contribution >= 4 is 0 Å². The number of nitrogens with one attached hydrogen (secondary N) is 2. The Hall–Kier alpha value is -2.19. The summed E-state index contributed by atoms with van der Waals surface area (Å²) in [6, 6.07) is 0. The minimum atomic E-state index is -0.561. The highest BCUT2D eigenvalue weighted by Gasteiger charge is 2.07. The van der Waals surface area contributed by atoms with Gasteiger partial charge in [0.1, 0.15) is 6.73 Å². The van der Waals surface area contributed by atoms with Gasteiger partial charge in [0.15, 0.2) is 0 Å². The molecule has 0 spiro atoms. The normalized spacial score (nSPS) is 10.7. The number of aromatic amines is 2. The summed E-state index contributed by atoms with van der Waals surface area (Å²) in [5, 5.41) is 8.56. The van der Waals surface area contributed by atoms with Crippen LogP contribution in [0.1, 0.15) is 0 Å². The maximum Gasteiger partial charge on any atom is 0.325 e. The second kappa shape index (κ2) is 5.43. The smallest absolute Gasteiger partial charge is 0.325 e. The standard InChI is InChI=1S/C10H12N4O4/c15-1-2-18-6-14-4-8(12-5-14)7-3-11-10(17)13-9(7)16/h3-5,15H,1-2,6H2,(H2,11,13,16,17). The van der Waals surface area contributed by atoms with Crippen molar-refractivity contribution in [1.82, 2.24) is 19.5 Å². The van der Waals surface area contributed by atoms with Gasteiger partial charge in [-0.2, -0.15) is 0 Å². The van der Waals surface area contributed by atoms with Crippen molar-refractivity contribution in [1.29, 1.82) is 0 Å². The van der Waals surface area contributed by atoms with Crippen LogP contribution in [0, 0.1) is 0 Å². The van der Waals surface area contributed by atoms with Crippen LogP contribution in [0.4, 0.5) is 0 Å². The van der Waals surface area contributed by atoms with E-state index < -0.39 is 11.2 Å². The molecule has 8 nitrogen and oxygen atoms in total. The molecule has 0 saturated carbocycles. The number of aliphatic hydroxyl groups excluding tert-OH is 1. The summed E-state index contributed by atoms with van der Waals surface area (Å²) in [5.74, 6) is 0. The van der Waals surface area contributed by atoms with E-state index in [4.69, 9.17) is 9.84 Å². The highest BCUT2D eigenvalue weighted by atomic mass is 16.5. The highest BCUT2D eigenvalue weighted by Crippen LogP contribution is 2.09. The van der Waals surface area contributed by atoms with Crippen LogP contribution in [0.25, 0.3) is 11.3 Å². The molecular weight excluding hydrogens is 240 g/mol. The number of aliphatic hydroxyl groups is 1. The third-order valence-corrected chi connectivity index (χ3v) is 2.20. The van der Waals surface area contributed by atoms with Crippen molar-refractivity contribution in [3.63, 3.8) is 0 Å². The molecule has 3 N–H and O–H groups in total. The molecule has 8 heteroatoms. The Labute approximate surface area is 101 Å². The van der Waals surface area contributed by atoms with Crippen LogP contribution >= 0.6 is 0 Å². The van der Waals surface area contributed by atoms with E-state index in [0.717, 1.165) is 0 Å². The van der Waals surface area contributed by atoms with Gasteiger partial charge in [-0.3, -0.25) is 9.78 Å². The van der Waals surface area contributed by atoms with Gasteiger partial charge in [0, 0.05) is 12.4 Å². The van der Waals surface area contributed by atoms with Gasteiger partial charge < -0.3 is 19.4 Å².